The molecule has 0 aromatic heterocycles. The third-order valence-corrected chi connectivity index (χ3v) is 3.83. The lowest BCUT2D eigenvalue weighted by atomic mass is 10.1. The fraction of sp³-hybridized carbons (Fsp3) is 0.294. The number of carbonyl (C=O) groups excluding carboxylic acids is 1. The molecule has 1 aromatic carbocycles. The molecule has 0 aliphatic carbocycles. The Bertz CT molecular complexity index is 746. The second-order valence-corrected chi connectivity index (χ2v) is 5.64. The van der Waals surface area contributed by atoms with Crippen LogP contribution >= 0.6 is 0 Å². The number of ether oxygens (including phenoxy) is 1. The minimum Gasteiger partial charge on any atom is -0.403 e. The van der Waals surface area contributed by atoms with Crippen LogP contribution in [-0.2, 0) is 9.53 Å². The first-order valence-corrected chi connectivity index (χ1v) is 7.81. The van der Waals surface area contributed by atoms with Crippen LogP contribution in [0.1, 0.15) is 24.8 Å². The topological polar surface area (TPSA) is 85.0 Å². The highest BCUT2D eigenvalue weighted by molar-refractivity contribution is 6.09. The number of nitrogens with zero attached hydrogens (tertiary/aromatic N) is 3. The Labute approximate surface area is 139 Å². The second kappa shape index (κ2) is 7.08. The van der Waals surface area contributed by atoms with Gasteiger partial charge in [0, 0.05) is 37.5 Å². The smallest absolute Gasteiger partial charge is 0.365 e. The first-order valence-electron chi connectivity index (χ1n) is 7.81. The molecule has 1 aromatic rings. The van der Waals surface area contributed by atoms with E-state index in [9.17, 15) is 14.9 Å². The van der Waals surface area contributed by atoms with Gasteiger partial charge in [-0.05, 0) is 30.9 Å². The number of esters is 1. The van der Waals surface area contributed by atoms with Crippen LogP contribution in [0.25, 0.3) is 6.08 Å². The predicted octanol–water partition coefficient (Wildman–Crippen LogP) is 2.89. The summed E-state index contributed by atoms with van der Waals surface area (Å²) in [4.78, 5) is 28.4. The summed E-state index contributed by atoms with van der Waals surface area (Å²) >= 11 is 0. The van der Waals surface area contributed by atoms with E-state index in [1.807, 2.05) is 0 Å². The van der Waals surface area contributed by atoms with E-state index in [1.54, 1.807) is 24.4 Å². The number of hydrogen-bond donors (Lipinski definition) is 0. The first kappa shape index (κ1) is 15.9. The Balaban J connectivity index is 1.72. The van der Waals surface area contributed by atoms with Crippen LogP contribution in [0.15, 0.2) is 47.2 Å². The molecule has 0 unspecified atom stereocenters. The van der Waals surface area contributed by atoms with Crippen molar-refractivity contribution in [3.63, 3.8) is 0 Å². The number of piperidine rings is 1. The molecule has 7 heteroatoms. The third-order valence-electron chi connectivity index (χ3n) is 3.83. The van der Waals surface area contributed by atoms with Crippen LogP contribution in [0, 0.1) is 10.1 Å². The molecule has 0 amide bonds. The summed E-state index contributed by atoms with van der Waals surface area (Å²) in [6, 6.07) is 6.19. The van der Waals surface area contributed by atoms with E-state index < -0.39 is 10.9 Å². The van der Waals surface area contributed by atoms with Crippen LogP contribution in [-0.4, -0.2) is 34.8 Å². The number of aliphatic imine (C=N–C) groups is 1. The fourth-order valence-electron chi connectivity index (χ4n) is 2.62. The Morgan fingerprint density at radius 2 is 2.00 bits per heavy atom. The lowest BCUT2D eigenvalue weighted by Gasteiger charge is -2.24. The number of likely N-dealkylation sites (tertiary alicyclic amines) is 1. The monoisotopic (exact) mass is 327 g/mol. The molecule has 0 bridgehead atoms. The van der Waals surface area contributed by atoms with Gasteiger partial charge >= 0.3 is 5.97 Å². The fourth-order valence-corrected chi connectivity index (χ4v) is 2.62. The summed E-state index contributed by atoms with van der Waals surface area (Å²) in [6.07, 6.45) is 8.35. The Morgan fingerprint density at radius 1 is 1.21 bits per heavy atom. The molecule has 1 fully saturated rings. The minimum atomic E-state index is -0.473. The summed E-state index contributed by atoms with van der Waals surface area (Å²) in [5.41, 5.74) is 0.931. The van der Waals surface area contributed by atoms with E-state index in [1.165, 1.54) is 24.6 Å². The highest BCUT2D eigenvalue weighted by Gasteiger charge is 2.22. The Hall–Kier alpha value is -2.96. The van der Waals surface area contributed by atoms with Crippen LogP contribution in [0.5, 0.6) is 0 Å². The number of rotatable bonds is 4. The number of nitro groups is 1. The minimum absolute atomic E-state index is 0.00758. The van der Waals surface area contributed by atoms with Crippen LogP contribution in [0.3, 0.4) is 0 Å². The third kappa shape index (κ3) is 3.87. The zero-order valence-electron chi connectivity index (χ0n) is 13.1. The molecule has 0 spiro atoms. The molecule has 3 rings (SSSR count). The van der Waals surface area contributed by atoms with Gasteiger partial charge in [-0.15, -0.1) is 0 Å². The molecular formula is C17H17N3O4. The quantitative estimate of drug-likeness (QED) is 0.367. The van der Waals surface area contributed by atoms with Gasteiger partial charge in [0.1, 0.15) is 0 Å². The van der Waals surface area contributed by atoms with Gasteiger partial charge in [0.05, 0.1) is 4.92 Å². The van der Waals surface area contributed by atoms with Gasteiger partial charge in [0.25, 0.3) is 5.69 Å². The van der Waals surface area contributed by atoms with Crippen molar-refractivity contribution in [3.05, 3.63) is 57.9 Å². The van der Waals surface area contributed by atoms with E-state index >= 15 is 0 Å². The van der Waals surface area contributed by atoms with Crippen molar-refractivity contribution in [1.82, 2.24) is 4.90 Å². The van der Waals surface area contributed by atoms with Gasteiger partial charge in [-0.2, -0.15) is 0 Å². The maximum absolute atomic E-state index is 11.9. The number of benzene rings is 1. The summed E-state index contributed by atoms with van der Waals surface area (Å²) in [7, 11) is 0. The first-order chi connectivity index (χ1) is 11.6. The van der Waals surface area contributed by atoms with E-state index in [-0.39, 0.29) is 17.3 Å². The molecule has 2 aliphatic rings. The molecular weight excluding hydrogens is 310 g/mol. The Kier molecular flexibility index (Phi) is 4.69. The van der Waals surface area contributed by atoms with Crippen molar-refractivity contribution in [2.24, 2.45) is 4.99 Å². The molecule has 2 aliphatic heterocycles. The number of carbonyl (C=O) groups is 1. The molecule has 2 heterocycles. The van der Waals surface area contributed by atoms with Gasteiger partial charge in [0.2, 0.25) is 5.90 Å². The zero-order chi connectivity index (χ0) is 16.9. The van der Waals surface area contributed by atoms with Crippen LogP contribution < -0.4 is 0 Å². The molecule has 24 heavy (non-hydrogen) atoms. The van der Waals surface area contributed by atoms with E-state index in [2.05, 4.69) is 9.89 Å². The van der Waals surface area contributed by atoms with E-state index in [0.717, 1.165) is 25.9 Å². The number of hydrogen-bond acceptors (Lipinski definition) is 6. The average Bonchev–Trinajstić information content (AvgIpc) is 2.94. The van der Waals surface area contributed by atoms with Gasteiger partial charge in [0.15, 0.2) is 5.70 Å². The van der Waals surface area contributed by atoms with Gasteiger partial charge < -0.3 is 9.64 Å². The van der Waals surface area contributed by atoms with Crippen molar-refractivity contribution < 1.29 is 14.5 Å². The Morgan fingerprint density at radius 3 is 2.75 bits per heavy atom. The van der Waals surface area contributed by atoms with E-state index in [0.29, 0.717) is 5.56 Å². The molecule has 0 radical (unpaired) electrons. The molecule has 0 atom stereocenters. The number of cyclic esters (lactones) is 1. The van der Waals surface area contributed by atoms with Crippen molar-refractivity contribution >= 4 is 23.6 Å². The molecule has 0 N–H and O–H groups in total. The van der Waals surface area contributed by atoms with Crippen LogP contribution in [0.2, 0.25) is 0 Å². The zero-order valence-corrected chi connectivity index (χ0v) is 13.1. The van der Waals surface area contributed by atoms with Crippen molar-refractivity contribution in [3.8, 4) is 0 Å². The highest BCUT2D eigenvalue weighted by atomic mass is 16.6. The van der Waals surface area contributed by atoms with Crippen LogP contribution in [0.4, 0.5) is 5.69 Å². The summed E-state index contributed by atoms with van der Waals surface area (Å²) < 4.78 is 5.11. The SMILES string of the molecule is O=C1OC(C=Cc2cccc([N+](=O)[O-])c2)=NC1=CN1CCCCC1. The average molecular weight is 327 g/mol. The highest BCUT2D eigenvalue weighted by Crippen LogP contribution is 2.18. The largest absolute Gasteiger partial charge is 0.403 e. The standard InChI is InChI=1S/C17H17N3O4/c21-17-15(12-19-9-2-1-3-10-19)18-16(24-17)8-7-13-5-4-6-14(11-13)20(22)23/h4-8,11-12H,1-3,9-10H2. The van der Waals surface area contributed by atoms with Gasteiger partial charge in [-0.1, -0.05) is 12.1 Å². The lowest BCUT2D eigenvalue weighted by Crippen LogP contribution is -2.25. The maximum atomic E-state index is 11.9. The van der Waals surface area contributed by atoms with E-state index in [4.69, 9.17) is 4.74 Å². The second-order valence-electron chi connectivity index (χ2n) is 5.64. The predicted molar refractivity (Wildman–Crippen MR) is 89.2 cm³/mol. The van der Waals surface area contributed by atoms with Gasteiger partial charge in [-0.25, -0.2) is 9.79 Å². The maximum Gasteiger partial charge on any atom is 0.365 e. The molecule has 1 saturated heterocycles. The summed E-state index contributed by atoms with van der Waals surface area (Å²) in [6.45, 7) is 1.84. The number of nitro benzene ring substituents is 1. The molecule has 124 valence electrons. The van der Waals surface area contributed by atoms with Crippen molar-refractivity contribution in [2.45, 2.75) is 19.3 Å². The summed E-state index contributed by atoms with van der Waals surface area (Å²) in [5, 5.41) is 10.8. The van der Waals surface area contributed by atoms with Gasteiger partial charge in [-0.3, -0.25) is 10.1 Å². The molecule has 7 nitrogen and oxygen atoms in total. The van der Waals surface area contributed by atoms with Crippen molar-refractivity contribution in [1.29, 1.82) is 0 Å². The summed E-state index contributed by atoms with van der Waals surface area (Å²) in [5.74, 6) is -0.283. The lowest BCUT2D eigenvalue weighted by molar-refractivity contribution is -0.384. The normalized spacial score (nSPS) is 19.7. The van der Waals surface area contributed by atoms with Crippen molar-refractivity contribution in [2.75, 3.05) is 13.1 Å². The number of non-ortho nitro benzene ring substituents is 1. The molecule has 0 saturated carbocycles.